The molecule has 0 saturated heterocycles. The molecule has 0 aliphatic rings. The van der Waals surface area contributed by atoms with Crippen LogP contribution in [-0.2, 0) is 12.8 Å². The Labute approximate surface area is 175 Å². The third kappa shape index (κ3) is 4.81. The molecule has 0 spiro atoms. The number of anilines is 1. The van der Waals surface area contributed by atoms with Crippen molar-refractivity contribution in [3.8, 4) is 0 Å². The molecule has 0 unspecified atom stereocenters. The highest BCUT2D eigenvalue weighted by molar-refractivity contribution is 6.03. The van der Waals surface area contributed by atoms with E-state index < -0.39 is 0 Å². The molecule has 30 heavy (non-hydrogen) atoms. The smallest absolute Gasteiger partial charge is 0.322 e. The molecule has 0 saturated carbocycles. The number of hydrogen-bond donors (Lipinski definition) is 1. The Bertz CT molecular complexity index is 1150. The zero-order chi connectivity index (χ0) is 20.9. The summed E-state index contributed by atoms with van der Waals surface area (Å²) in [6.07, 6.45) is 1.35. The second-order valence-electron chi connectivity index (χ2n) is 7.41. The fraction of sp³-hybridized carbons (Fsp3) is 0.160. The van der Waals surface area contributed by atoms with Crippen LogP contribution in [0.1, 0.15) is 44.1 Å². The summed E-state index contributed by atoms with van der Waals surface area (Å²) in [5.74, 6) is 0.189. The zero-order valence-corrected chi connectivity index (χ0v) is 17.1. The largest absolute Gasteiger partial charge is 0.407 e. The van der Waals surface area contributed by atoms with Crippen LogP contribution in [0.2, 0.25) is 0 Å². The number of amides is 1. The number of nitrogens with one attached hydrogen (secondary N) is 1. The summed E-state index contributed by atoms with van der Waals surface area (Å²) in [5.41, 5.74) is 6.47. The molecule has 1 amide bonds. The van der Waals surface area contributed by atoms with Crippen molar-refractivity contribution in [3.05, 3.63) is 112 Å². The van der Waals surface area contributed by atoms with Crippen molar-refractivity contribution in [1.29, 1.82) is 0 Å². The standard InChI is InChI=1S/C25H23N3O2/c1-17-8-9-21(14-18(17)2)16-23-27-28-25(30-23)26-24(29)22-12-10-20(11-13-22)15-19-6-4-3-5-7-19/h3-14H,15-16H2,1-2H3,(H,26,28,29). The van der Waals surface area contributed by atoms with Gasteiger partial charge in [0.15, 0.2) is 0 Å². The first kappa shape index (κ1) is 19.6. The maximum absolute atomic E-state index is 12.5. The van der Waals surface area contributed by atoms with E-state index in [-0.39, 0.29) is 11.9 Å². The van der Waals surface area contributed by atoms with Gasteiger partial charge in [-0.25, -0.2) is 0 Å². The lowest BCUT2D eigenvalue weighted by atomic mass is 10.0. The Kier molecular flexibility index (Phi) is 5.70. The molecular formula is C25H23N3O2. The highest BCUT2D eigenvalue weighted by atomic mass is 16.4. The number of nitrogens with zero attached hydrogens (tertiary/aromatic N) is 2. The first-order valence-electron chi connectivity index (χ1n) is 9.89. The van der Waals surface area contributed by atoms with Crippen molar-refractivity contribution in [2.45, 2.75) is 26.7 Å². The van der Waals surface area contributed by atoms with Crippen LogP contribution in [0.4, 0.5) is 6.01 Å². The molecule has 0 atom stereocenters. The molecule has 1 aromatic heterocycles. The molecule has 5 nitrogen and oxygen atoms in total. The van der Waals surface area contributed by atoms with Crippen molar-refractivity contribution >= 4 is 11.9 Å². The van der Waals surface area contributed by atoms with Crippen molar-refractivity contribution in [1.82, 2.24) is 10.2 Å². The summed E-state index contributed by atoms with van der Waals surface area (Å²) in [6.45, 7) is 4.15. The zero-order valence-electron chi connectivity index (χ0n) is 17.1. The molecule has 0 bridgehead atoms. The van der Waals surface area contributed by atoms with Crippen LogP contribution >= 0.6 is 0 Å². The second kappa shape index (κ2) is 8.74. The van der Waals surface area contributed by atoms with E-state index in [0.717, 1.165) is 17.5 Å². The molecular weight excluding hydrogens is 374 g/mol. The number of aromatic nitrogens is 2. The van der Waals surface area contributed by atoms with Crippen molar-refractivity contribution < 1.29 is 9.21 Å². The summed E-state index contributed by atoms with van der Waals surface area (Å²) in [4.78, 5) is 12.5. The lowest BCUT2D eigenvalue weighted by Crippen LogP contribution is -2.12. The average molecular weight is 397 g/mol. The first-order valence-corrected chi connectivity index (χ1v) is 9.89. The van der Waals surface area contributed by atoms with Gasteiger partial charge in [0.1, 0.15) is 0 Å². The summed E-state index contributed by atoms with van der Waals surface area (Å²) < 4.78 is 5.60. The molecule has 0 aliphatic carbocycles. The number of aryl methyl sites for hydroxylation is 2. The highest BCUT2D eigenvalue weighted by Crippen LogP contribution is 2.16. The van der Waals surface area contributed by atoms with Crippen LogP contribution in [0.3, 0.4) is 0 Å². The number of rotatable bonds is 6. The van der Waals surface area contributed by atoms with E-state index in [1.807, 2.05) is 36.4 Å². The SMILES string of the molecule is Cc1ccc(Cc2nnc(NC(=O)c3ccc(Cc4ccccc4)cc3)o2)cc1C. The number of benzene rings is 3. The minimum absolute atomic E-state index is 0.104. The van der Waals surface area contributed by atoms with E-state index in [0.29, 0.717) is 17.9 Å². The predicted octanol–water partition coefficient (Wildman–Crippen LogP) is 5.12. The Balaban J connectivity index is 1.37. The topological polar surface area (TPSA) is 68.0 Å². The van der Waals surface area contributed by atoms with E-state index in [4.69, 9.17) is 4.42 Å². The van der Waals surface area contributed by atoms with Gasteiger partial charge in [0.25, 0.3) is 5.91 Å². The quantitative estimate of drug-likeness (QED) is 0.490. The van der Waals surface area contributed by atoms with Gasteiger partial charge in [0.05, 0.1) is 6.42 Å². The van der Waals surface area contributed by atoms with Gasteiger partial charge in [0, 0.05) is 5.56 Å². The van der Waals surface area contributed by atoms with Gasteiger partial charge in [-0.3, -0.25) is 10.1 Å². The van der Waals surface area contributed by atoms with Crippen LogP contribution in [-0.4, -0.2) is 16.1 Å². The summed E-state index contributed by atoms with van der Waals surface area (Å²) in [6, 6.07) is 24.1. The van der Waals surface area contributed by atoms with Crippen LogP contribution in [0, 0.1) is 13.8 Å². The predicted molar refractivity (Wildman–Crippen MR) is 117 cm³/mol. The van der Waals surface area contributed by atoms with Gasteiger partial charge in [0.2, 0.25) is 5.89 Å². The van der Waals surface area contributed by atoms with E-state index in [1.54, 1.807) is 12.1 Å². The highest BCUT2D eigenvalue weighted by Gasteiger charge is 2.12. The van der Waals surface area contributed by atoms with E-state index >= 15 is 0 Å². The summed E-state index contributed by atoms with van der Waals surface area (Å²) in [5, 5.41) is 10.7. The van der Waals surface area contributed by atoms with Crippen LogP contribution in [0.15, 0.2) is 77.2 Å². The molecule has 1 heterocycles. The number of carbonyl (C=O) groups excluding carboxylic acids is 1. The second-order valence-corrected chi connectivity index (χ2v) is 7.41. The molecule has 150 valence electrons. The molecule has 1 N–H and O–H groups in total. The Hall–Kier alpha value is -3.73. The number of hydrogen-bond acceptors (Lipinski definition) is 4. The van der Waals surface area contributed by atoms with E-state index in [2.05, 4.69) is 53.6 Å². The van der Waals surface area contributed by atoms with Gasteiger partial charge in [-0.05, 0) is 60.2 Å². The fourth-order valence-electron chi connectivity index (χ4n) is 3.24. The molecule has 0 aliphatic heterocycles. The Morgan fingerprint density at radius 1 is 0.800 bits per heavy atom. The molecule has 4 aromatic rings. The van der Waals surface area contributed by atoms with Gasteiger partial charge in [-0.1, -0.05) is 65.8 Å². The molecule has 0 radical (unpaired) electrons. The lowest BCUT2D eigenvalue weighted by molar-refractivity contribution is 0.102. The minimum Gasteiger partial charge on any atom is -0.407 e. The molecule has 0 fully saturated rings. The van der Waals surface area contributed by atoms with Crippen molar-refractivity contribution in [2.75, 3.05) is 5.32 Å². The van der Waals surface area contributed by atoms with Crippen LogP contribution in [0.25, 0.3) is 0 Å². The van der Waals surface area contributed by atoms with E-state index in [9.17, 15) is 4.79 Å². The van der Waals surface area contributed by atoms with Crippen molar-refractivity contribution in [3.63, 3.8) is 0 Å². The van der Waals surface area contributed by atoms with Crippen molar-refractivity contribution in [2.24, 2.45) is 0 Å². The summed E-state index contributed by atoms with van der Waals surface area (Å²) >= 11 is 0. The average Bonchev–Trinajstić information content (AvgIpc) is 3.18. The van der Waals surface area contributed by atoms with Gasteiger partial charge < -0.3 is 4.42 Å². The third-order valence-electron chi connectivity index (χ3n) is 5.08. The monoisotopic (exact) mass is 397 g/mol. The number of carbonyl (C=O) groups is 1. The molecule has 3 aromatic carbocycles. The minimum atomic E-state index is -0.275. The lowest BCUT2D eigenvalue weighted by Gasteiger charge is -2.04. The Morgan fingerprint density at radius 3 is 2.23 bits per heavy atom. The van der Waals surface area contributed by atoms with Crippen LogP contribution in [0.5, 0.6) is 0 Å². The van der Waals surface area contributed by atoms with Gasteiger partial charge in [-0.15, -0.1) is 5.10 Å². The van der Waals surface area contributed by atoms with Gasteiger partial charge >= 0.3 is 6.01 Å². The van der Waals surface area contributed by atoms with Gasteiger partial charge in [-0.2, -0.15) is 0 Å². The first-order chi connectivity index (χ1) is 14.6. The third-order valence-corrected chi connectivity index (χ3v) is 5.08. The molecule has 5 heteroatoms. The van der Waals surface area contributed by atoms with E-state index in [1.165, 1.54) is 16.7 Å². The Morgan fingerprint density at radius 2 is 1.50 bits per heavy atom. The molecule has 4 rings (SSSR count). The summed E-state index contributed by atoms with van der Waals surface area (Å²) in [7, 11) is 0. The fourth-order valence-corrected chi connectivity index (χ4v) is 3.24. The normalized spacial score (nSPS) is 10.7. The van der Waals surface area contributed by atoms with Crippen LogP contribution < -0.4 is 5.32 Å². The maximum atomic E-state index is 12.5. The maximum Gasteiger partial charge on any atom is 0.322 e.